The lowest BCUT2D eigenvalue weighted by Gasteiger charge is -2.33. The van der Waals surface area contributed by atoms with Crippen molar-refractivity contribution in [2.45, 2.75) is 25.9 Å². The van der Waals surface area contributed by atoms with E-state index in [2.05, 4.69) is 0 Å². The Morgan fingerprint density at radius 2 is 2.00 bits per heavy atom. The maximum Gasteiger partial charge on any atom is 0.232 e. The first-order valence-corrected chi connectivity index (χ1v) is 12.0. The zero-order chi connectivity index (χ0) is 21.8. The van der Waals surface area contributed by atoms with E-state index >= 15 is 0 Å². The van der Waals surface area contributed by atoms with Crippen molar-refractivity contribution in [3.63, 3.8) is 0 Å². The van der Waals surface area contributed by atoms with E-state index in [0.717, 1.165) is 22.4 Å². The third-order valence-electron chi connectivity index (χ3n) is 6.09. The number of aryl methyl sites for hydroxylation is 1. The molecule has 2 aromatic rings. The molecule has 3 heterocycles. The first-order chi connectivity index (χ1) is 14.8. The molecule has 1 unspecified atom stereocenters. The number of Topliss-reactive ketones (excluding diaryl/α,β-unsaturated/α-hetero) is 1. The summed E-state index contributed by atoms with van der Waals surface area (Å²) in [5.74, 6) is 2.39. The number of ether oxygens (including phenoxy) is 3. The van der Waals surface area contributed by atoms with Gasteiger partial charge in [0.05, 0.1) is 29.7 Å². The van der Waals surface area contributed by atoms with Crippen LogP contribution in [0.4, 0.5) is 0 Å². The molecule has 0 amide bonds. The van der Waals surface area contributed by atoms with E-state index in [4.69, 9.17) is 14.2 Å². The number of rotatable bonds is 3. The molecule has 0 aromatic heterocycles. The summed E-state index contributed by atoms with van der Waals surface area (Å²) in [6.45, 7) is 2.69. The molecule has 0 N–H and O–H groups in total. The van der Waals surface area contributed by atoms with Gasteiger partial charge in [0.1, 0.15) is 24.0 Å². The van der Waals surface area contributed by atoms with E-state index in [1.165, 1.54) is 0 Å². The topological polar surface area (TPSA) is 82.1 Å². The second-order valence-electron chi connectivity index (χ2n) is 8.16. The first-order valence-electron chi connectivity index (χ1n) is 10.2. The molecule has 8 heteroatoms. The Morgan fingerprint density at radius 3 is 2.68 bits per heavy atom. The van der Waals surface area contributed by atoms with Crippen LogP contribution in [0.2, 0.25) is 0 Å². The fourth-order valence-electron chi connectivity index (χ4n) is 4.40. The molecule has 0 aliphatic carbocycles. The summed E-state index contributed by atoms with van der Waals surface area (Å²) in [6, 6.07) is 9.16. The minimum atomic E-state index is -3.00. The van der Waals surface area contributed by atoms with Gasteiger partial charge >= 0.3 is 0 Å². The normalized spacial score (nSPS) is 23.2. The van der Waals surface area contributed by atoms with Gasteiger partial charge in [-0.3, -0.25) is 9.69 Å². The van der Waals surface area contributed by atoms with Gasteiger partial charge in [-0.05, 0) is 48.7 Å². The molecule has 31 heavy (non-hydrogen) atoms. The van der Waals surface area contributed by atoms with Crippen LogP contribution in [-0.2, 0) is 16.4 Å². The quantitative estimate of drug-likeness (QED) is 0.678. The van der Waals surface area contributed by atoms with Crippen molar-refractivity contribution in [3.05, 3.63) is 58.3 Å². The maximum absolute atomic E-state index is 13.1. The van der Waals surface area contributed by atoms with Crippen LogP contribution in [0.1, 0.15) is 33.5 Å². The van der Waals surface area contributed by atoms with Gasteiger partial charge < -0.3 is 14.2 Å². The molecule has 0 spiro atoms. The highest BCUT2D eigenvalue weighted by Crippen LogP contribution is 2.44. The average Bonchev–Trinajstić information content (AvgIpc) is 3.28. The van der Waals surface area contributed by atoms with Crippen molar-refractivity contribution in [1.82, 2.24) is 4.90 Å². The maximum atomic E-state index is 13.1. The number of fused-ring (bicyclic) bond motifs is 3. The molecule has 3 aliphatic heterocycles. The van der Waals surface area contributed by atoms with E-state index in [0.29, 0.717) is 36.8 Å². The van der Waals surface area contributed by atoms with Crippen molar-refractivity contribution in [2.24, 2.45) is 0 Å². The number of methoxy groups -OCH3 is 1. The summed E-state index contributed by atoms with van der Waals surface area (Å²) in [5, 5.41) is 0. The van der Waals surface area contributed by atoms with Crippen LogP contribution >= 0.6 is 0 Å². The van der Waals surface area contributed by atoms with Crippen molar-refractivity contribution in [3.8, 4) is 17.2 Å². The van der Waals surface area contributed by atoms with Crippen LogP contribution < -0.4 is 14.2 Å². The average molecular weight is 442 g/mol. The Balaban J connectivity index is 1.47. The summed E-state index contributed by atoms with van der Waals surface area (Å²) < 4.78 is 41.0. The Morgan fingerprint density at radius 1 is 1.23 bits per heavy atom. The predicted octanol–water partition coefficient (Wildman–Crippen LogP) is 2.96. The van der Waals surface area contributed by atoms with Crippen LogP contribution in [0.5, 0.6) is 17.2 Å². The molecule has 1 saturated heterocycles. The number of carbonyl (C=O) groups is 1. The molecular weight excluding hydrogens is 418 g/mol. The number of ketones is 1. The first kappa shape index (κ1) is 20.1. The molecule has 0 bridgehead atoms. The lowest BCUT2D eigenvalue weighted by atomic mass is 9.98. The van der Waals surface area contributed by atoms with Crippen LogP contribution in [0.25, 0.3) is 6.08 Å². The third kappa shape index (κ3) is 3.59. The third-order valence-corrected chi connectivity index (χ3v) is 7.84. The zero-order valence-corrected chi connectivity index (χ0v) is 18.2. The molecule has 1 fully saturated rings. The van der Waals surface area contributed by atoms with Gasteiger partial charge in [-0.15, -0.1) is 0 Å². The Labute approximate surface area is 181 Å². The molecule has 0 radical (unpaired) electrons. The van der Waals surface area contributed by atoms with E-state index in [9.17, 15) is 13.2 Å². The van der Waals surface area contributed by atoms with Gasteiger partial charge in [0.15, 0.2) is 15.6 Å². The van der Waals surface area contributed by atoms with Gasteiger partial charge in [-0.2, -0.15) is 0 Å². The number of nitrogens with zero attached hydrogens (tertiary/aromatic N) is 1. The van der Waals surface area contributed by atoms with Gasteiger partial charge in [0.2, 0.25) is 5.78 Å². The fraction of sp³-hybridized carbons (Fsp3) is 0.348. The minimum absolute atomic E-state index is 0.0819. The molecule has 3 aliphatic rings. The lowest BCUT2D eigenvalue weighted by Crippen LogP contribution is -2.41. The largest absolute Gasteiger partial charge is 0.497 e. The molecule has 1 atom stereocenters. The van der Waals surface area contributed by atoms with E-state index in [1.54, 1.807) is 13.2 Å². The Kier molecular flexibility index (Phi) is 4.79. The minimum Gasteiger partial charge on any atom is -0.497 e. The van der Waals surface area contributed by atoms with Crippen molar-refractivity contribution >= 4 is 21.7 Å². The Hall–Kier alpha value is -2.84. The summed E-state index contributed by atoms with van der Waals surface area (Å²) in [6.07, 6.45) is 2.32. The Bertz CT molecular complexity index is 1200. The number of hydrogen-bond acceptors (Lipinski definition) is 7. The van der Waals surface area contributed by atoms with E-state index in [1.807, 2.05) is 42.2 Å². The monoisotopic (exact) mass is 441 g/mol. The zero-order valence-electron chi connectivity index (χ0n) is 17.4. The second-order valence-corrected chi connectivity index (χ2v) is 10.4. The number of allylic oxidation sites excluding steroid dienone is 1. The SMILES string of the molecule is COc1ccc(/C=C2\Oc3c4c(cc(C)c3C2=O)OCN(C2CCS(=O)(=O)C2)C4)cc1. The summed E-state index contributed by atoms with van der Waals surface area (Å²) in [4.78, 5) is 15.1. The molecular formula is C23H23NO6S. The van der Waals surface area contributed by atoms with Crippen LogP contribution in [0.3, 0.4) is 0 Å². The second kappa shape index (κ2) is 7.39. The highest BCUT2D eigenvalue weighted by Gasteiger charge is 2.39. The fourth-order valence-corrected chi connectivity index (χ4v) is 6.16. The molecule has 2 aromatic carbocycles. The van der Waals surface area contributed by atoms with Crippen molar-refractivity contribution in [2.75, 3.05) is 25.3 Å². The summed E-state index contributed by atoms with van der Waals surface area (Å²) in [7, 11) is -1.40. The highest BCUT2D eigenvalue weighted by molar-refractivity contribution is 7.91. The molecule has 7 nitrogen and oxygen atoms in total. The number of benzene rings is 2. The van der Waals surface area contributed by atoms with Gasteiger partial charge in [-0.1, -0.05) is 12.1 Å². The summed E-state index contributed by atoms with van der Waals surface area (Å²) >= 11 is 0. The van der Waals surface area contributed by atoms with Gasteiger partial charge in [-0.25, -0.2) is 8.42 Å². The smallest absolute Gasteiger partial charge is 0.232 e. The van der Waals surface area contributed by atoms with Crippen molar-refractivity contribution < 1.29 is 27.4 Å². The highest BCUT2D eigenvalue weighted by atomic mass is 32.2. The lowest BCUT2D eigenvalue weighted by molar-refractivity contribution is 0.0633. The number of carbonyl (C=O) groups excluding carboxylic acids is 1. The van der Waals surface area contributed by atoms with Crippen LogP contribution in [0, 0.1) is 6.92 Å². The van der Waals surface area contributed by atoms with Crippen molar-refractivity contribution in [1.29, 1.82) is 0 Å². The van der Waals surface area contributed by atoms with Gasteiger partial charge in [0.25, 0.3) is 0 Å². The number of sulfone groups is 1. The molecule has 5 rings (SSSR count). The van der Waals surface area contributed by atoms with Crippen LogP contribution in [-0.4, -0.2) is 50.5 Å². The standard InChI is InChI=1S/C23H23NO6S/c1-14-9-19-18(11-24(13-29-19)16-7-8-31(26,27)12-16)23-21(14)22(25)20(30-23)10-15-3-5-17(28-2)6-4-15/h3-6,9-10,16H,7-8,11-13H2,1-2H3/b20-10-. The molecule has 0 saturated carbocycles. The van der Waals surface area contributed by atoms with Crippen LogP contribution in [0.15, 0.2) is 36.1 Å². The van der Waals surface area contributed by atoms with E-state index < -0.39 is 9.84 Å². The predicted molar refractivity (Wildman–Crippen MR) is 115 cm³/mol. The molecule has 162 valence electrons. The summed E-state index contributed by atoms with van der Waals surface area (Å²) in [5.41, 5.74) is 2.97. The van der Waals surface area contributed by atoms with E-state index in [-0.39, 0.29) is 29.1 Å². The van der Waals surface area contributed by atoms with Gasteiger partial charge in [0, 0.05) is 12.6 Å². The number of hydrogen-bond donors (Lipinski definition) is 0.